The van der Waals surface area contributed by atoms with Gasteiger partial charge in [-0.3, -0.25) is 4.98 Å². The van der Waals surface area contributed by atoms with E-state index in [1.54, 1.807) is 6.07 Å². The lowest BCUT2D eigenvalue weighted by molar-refractivity contribution is -0.0876. The second kappa shape index (κ2) is 5.11. The molecule has 1 aromatic heterocycles. The molecule has 0 N–H and O–H groups in total. The van der Waals surface area contributed by atoms with Crippen LogP contribution in [-0.2, 0) is 0 Å². The Morgan fingerprint density at radius 2 is 1.62 bits per heavy atom. The van der Waals surface area contributed by atoms with Crippen molar-refractivity contribution in [3.63, 3.8) is 0 Å². The maximum atomic E-state index is 13.2. The van der Waals surface area contributed by atoms with Gasteiger partial charge in [0.15, 0.2) is 0 Å². The molecule has 0 unspecified atom stereocenters. The zero-order valence-electron chi connectivity index (χ0n) is 11.4. The van der Waals surface area contributed by atoms with Crippen molar-refractivity contribution in [2.75, 3.05) is 0 Å². The first kappa shape index (κ1) is 15.1. The van der Waals surface area contributed by atoms with Gasteiger partial charge in [0.1, 0.15) is 0 Å². The zero-order valence-corrected chi connectivity index (χ0v) is 12.1. The molecule has 0 spiro atoms. The third-order valence-corrected chi connectivity index (χ3v) is 4.89. The highest BCUT2D eigenvalue weighted by Gasteiger charge is 2.46. The summed E-state index contributed by atoms with van der Waals surface area (Å²) in [4.78, 5) is 4.14. The van der Waals surface area contributed by atoms with Crippen LogP contribution in [0.5, 0.6) is 0 Å². The Morgan fingerprint density at radius 1 is 1.00 bits per heavy atom. The Labute approximate surface area is 125 Å². The summed E-state index contributed by atoms with van der Waals surface area (Å²) in [6.45, 7) is 0. The number of halogens is 5. The minimum absolute atomic E-state index is 0.0283. The molecule has 2 aliphatic rings. The number of aromatic nitrogens is 1. The average molecular weight is 322 g/mol. The highest BCUT2D eigenvalue weighted by atomic mass is 35.5. The topological polar surface area (TPSA) is 12.9 Å². The molecule has 3 rings (SSSR count). The summed E-state index contributed by atoms with van der Waals surface area (Å²) in [6.07, 6.45) is 1.54. The third kappa shape index (κ3) is 3.17. The predicted octanol–water partition coefficient (Wildman–Crippen LogP) is 5.54. The summed E-state index contributed by atoms with van der Waals surface area (Å²) in [7, 11) is 0. The summed E-state index contributed by atoms with van der Waals surface area (Å²) in [6, 6.07) is 1.75. The molecular weight excluding hydrogens is 306 g/mol. The number of pyridine rings is 1. The quantitative estimate of drug-likeness (QED) is 0.652. The fourth-order valence-electron chi connectivity index (χ4n) is 3.23. The van der Waals surface area contributed by atoms with Crippen molar-refractivity contribution >= 4 is 11.6 Å². The molecule has 0 bridgehead atoms. The second-order valence-electron chi connectivity index (χ2n) is 6.22. The molecule has 0 saturated heterocycles. The first-order valence-corrected chi connectivity index (χ1v) is 7.55. The van der Waals surface area contributed by atoms with E-state index in [1.165, 1.54) is 6.20 Å². The van der Waals surface area contributed by atoms with Gasteiger partial charge in [0.05, 0.1) is 5.02 Å². The summed E-state index contributed by atoms with van der Waals surface area (Å²) >= 11 is 6.12. The van der Waals surface area contributed by atoms with Crippen LogP contribution in [0.15, 0.2) is 12.3 Å². The molecule has 116 valence electrons. The van der Waals surface area contributed by atoms with Gasteiger partial charge in [0.25, 0.3) is 0 Å². The van der Waals surface area contributed by atoms with E-state index in [4.69, 9.17) is 11.6 Å². The van der Waals surface area contributed by atoms with Crippen LogP contribution in [0.1, 0.15) is 61.6 Å². The molecule has 0 atom stereocenters. The van der Waals surface area contributed by atoms with Gasteiger partial charge in [-0.05, 0) is 30.4 Å². The molecule has 1 aromatic rings. The highest BCUT2D eigenvalue weighted by Crippen LogP contribution is 2.49. The van der Waals surface area contributed by atoms with Crippen LogP contribution in [0, 0.1) is 0 Å². The van der Waals surface area contributed by atoms with Crippen molar-refractivity contribution in [3.05, 3.63) is 28.5 Å². The molecule has 2 aliphatic carbocycles. The first-order chi connectivity index (χ1) is 9.76. The number of hydrogen-bond donors (Lipinski definition) is 0. The molecule has 0 radical (unpaired) electrons. The maximum Gasteiger partial charge on any atom is 0.249 e. The molecule has 1 heterocycles. The normalized spacial score (nSPS) is 25.6. The van der Waals surface area contributed by atoms with E-state index in [0.717, 1.165) is 5.56 Å². The Kier molecular flexibility index (Phi) is 3.67. The number of nitrogens with zero attached hydrogens (tertiary/aromatic N) is 1. The van der Waals surface area contributed by atoms with E-state index < -0.39 is 11.8 Å². The van der Waals surface area contributed by atoms with E-state index in [0.29, 0.717) is 23.6 Å². The molecular formula is C15H16ClF4N. The van der Waals surface area contributed by atoms with Crippen molar-refractivity contribution in [1.82, 2.24) is 4.98 Å². The molecule has 0 aliphatic heterocycles. The largest absolute Gasteiger partial charge is 0.259 e. The van der Waals surface area contributed by atoms with Crippen molar-refractivity contribution < 1.29 is 17.6 Å². The summed E-state index contributed by atoms with van der Waals surface area (Å²) in [5, 5.41) is 0.444. The maximum absolute atomic E-state index is 13.2. The SMILES string of the molecule is FC1(F)CCC(c2cc(C3CC(F)(F)C3)ncc2Cl)CC1. The zero-order chi connectivity index (χ0) is 15.3. The average Bonchev–Trinajstić information content (AvgIpc) is 2.37. The molecule has 6 heteroatoms. The van der Waals surface area contributed by atoms with Gasteiger partial charge < -0.3 is 0 Å². The molecule has 2 saturated carbocycles. The van der Waals surface area contributed by atoms with Crippen molar-refractivity contribution in [3.8, 4) is 0 Å². The summed E-state index contributed by atoms with van der Waals surface area (Å²) in [5.74, 6) is -5.46. The molecule has 0 aromatic carbocycles. The fraction of sp³-hybridized carbons (Fsp3) is 0.667. The lowest BCUT2D eigenvalue weighted by Crippen LogP contribution is -2.34. The van der Waals surface area contributed by atoms with Crippen LogP contribution in [0.2, 0.25) is 5.02 Å². The summed E-state index contributed by atoms with van der Waals surface area (Å²) in [5.41, 5.74) is 1.39. The Morgan fingerprint density at radius 3 is 2.19 bits per heavy atom. The van der Waals surface area contributed by atoms with Gasteiger partial charge in [-0.1, -0.05) is 11.6 Å². The lowest BCUT2D eigenvalue weighted by atomic mass is 9.77. The van der Waals surface area contributed by atoms with Crippen LogP contribution >= 0.6 is 11.6 Å². The predicted molar refractivity (Wildman–Crippen MR) is 72.3 cm³/mol. The molecule has 0 amide bonds. The van der Waals surface area contributed by atoms with E-state index >= 15 is 0 Å². The van der Waals surface area contributed by atoms with Crippen molar-refractivity contribution in [2.24, 2.45) is 0 Å². The van der Waals surface area contributed by atoms with Gasteiger partial charge in [-0.15, -0.1) is 0 Å². The number of alkyl halides is 4. The van der Waals surface area contributed by atoms with Crippen LogP contribution in [0.3, 0.4) is 0 Å². The Balaban J connectivity index is 1.76. The summed E-state index contributed by atoms with van der Waals surface area (Å²) < 4.78 is 52.4. The van der Waals surface area contributed by atoms with Gasteiger partial charge >= 0.3 is 0 Å². The van der Waals surface area contributed by atoms with E-state index in [-0.39, 0.29) is 37.5 Å². The first-order valence-electron chi connectivity index (χ1n) is 7.17. The van der Waals surface area contributed by atoms with Crippen LogP contribution in [-0.4, -0.2) is 16.8 Å². The van der Waals surface area contributed by atoms with E-state index in [2.05, 4.69) is 4.98 Å². The minimum atomic E-state index is -2.60. The van der Waals surface area contributed by atoms with Gasteiger partial charge in [0.2, 0.25) is 11.8 Å². The van der Waals surface area contributed by atoms with Crippen molar-refractivity contribution in [1.29, 1.82) is 0 Å². The van der Waals surface area contributed by atoms with Gasteiger partial charge in [-0.25, -0.2) is 17.6 Å². The van der Waals surface area contributed by atoms with E-state index in [9.17, 15) is 17.6 Å². The standard InChI is InChI=1S/C15H16ClF4N/c16-12-8-21-13(10-6-15(19,20)7-10)5-11(12)9-1-3-14(17,18)4-2-9/h5,8-10H,1-4,6-7H2. The highest BCUT2D eigenvalue weighted by molar-refractivity contribution is 6.31. The van der Waals surface area contributed by atoms with Crippen molar-refractivity contribution in [2.45, 2.75) is 62.2 Å². The van der Waals surface area contributed by atoms with Gasteiger partial charge in [0, 0.05) is 43.5 Å². The third-order valence-electron chi connectivity index (χ3n) is 4.57. The molecule has 1 nitrogen and oxygen atoms in total. The molecule has 2 fully saturated rings. The monoisotopic (exact) mass is 321 g/mol. The second-order valence-corrected chi connectivity index (χ2v) is 6.63. The van der Waals surface area contributed by atoms with Crippen LogP contribution in [0.4, 0.5) is 17.6 Å². The lowest BCUT2D eigenvalue weighted by Gasteiger charge is -2.35. The Bertz CT molecular complexity index is 528. The minimum Gasteiger partial charge on any atom is -0.259 e. The van der Waals surface area contributed by atoms with Crippen LogP contribution < -0.4 is 0 Å². The van der Waals surface area contributed by atoms with Crippen LogP contribution in [0.25, 0.3) is 0 Å². The number of hydrogen-bond acceptors (Lipinski definition) is 1. The Hall–Kier alpha value is -0.840. The molecule has 21 heavy (non-hydrogen) atoms. The fourth-order valence-corrected chi connectivity index (χ4v) is 3.49. The number of rotatable bonds is 2. The smallest absolute Gasteiger partial charge is 0.249 e. The van der Waals surface area contributed by atoms with E-state index in [1.807, 2.05) is 0 Å². The van der Waals surface area contributed by atoms with Gasteiger partial charge in [-0.2, -0.15) is 0 Å².